The zero-order valence-corrected chi connectivity index (χ0v) is 13.5. The number of methoxy groups -OCH3 is 1. The van der Waals surface area contributed by atoms with Gasteiger partial charge < -0.3 is 24.1 Å². The van der Waals surface area contributed by atoms with Gasteiger partial charge in [0.05, 0.1) is 52.9 Å². The second-order valence-electron chi connectivity index (χ2n) is 4.29. The minimum atomic E-state index is -0.139. The molecule has 0 fully saturated rings. The van der Waals surface area contributed by atoms with Gasteiger partial charge in [-0.2, -0.15) is 0 Å². The molecular formula is C12H30O5Si. The fourth-order valence-electron chi connectivity index (χ4n) is 0.749. The molecule has 0 saturated heterocycles. The molecule has 0 aromatic carbocycles. The van der Waals surface area contributed by atoms with Crippen LogP contribution in [0.5, 0.6) is 0 Å². The molecule has 0 aromatic heterocycles. The van der Waals surface area contributed by atoms with Gasteiger partial charge in [-0.3, -0.25) is 0 Å². The molecule has 0 aliphatic heterocycles. The minimum Gasteiger partial charge on any atom is -0.394 e. The Hall–Kier alpha value is 0.0169. The zero-order chi connectivity index (χ0) is 14.1. The molecule has 0 aromatic rings. The van der Waals surface area contributed by atoms with E-state index in [1.165, 1.54) is 0 Å². The molecule has 0 heterocycles. The van der Waals surface area contributed by atoms with Gasteiger partial charge in [0.15, 0.2) is 0 Å². The smallest absolute Gasteiger partial charge is 0.0701 e. The van der Waals surface area contributed by atoms with E-state index >= 15 is 0 Å². The van der Waals surface area contributed by atoms with E-state index in [1.807, 2.05) is 0 Å². The molecule has 112 valence electrons. The van der Waals surface area contributed by atoms with E-state index in [4.69, 9.17) is 24.1 Å². The maximum absolute atomic E-state index is 8.39. The quantitative estimate of drug-likeness (QED) is 0.448. The Kier molecular flexibility index (Phi) is 21.9. The normalized spacial score (nSPS) is 10.3. The highest BCUT2D eigenvalue weighted by molar-refractivity contribution is 6.54. The van der Waals surface area contributed by atoms with Crippen molar-refractivity contribution in [2.24, 2.45) is 0 Å². The van der Waals surface area contributed by atoms with Crippen molar-refractivity contribution in [1.29, 1.82) is 0 Å². The Bertz CT molecular complexity index is 121. The molecule has 0 radical (unpaired) electrons. The molecule has 1 N–H and O–H groups in total. The van der Waals surface area contributed by atoms with Crippen molar-refractivity contribution in [2.75, 3.05) is 60.0 Å². The lowest BCUT2D eigenvalue weighted by Crippen LogP contribution is -2.12. The molecule has 0 aliphatic carbocycles. The topological polar surface area (TPSA) is 57.2 Å². The molecule has 0 bridgehead atoms. The first-order valence-electron chi connectivity index (χ1n) is 6.48. The number of ether oxygens (including phenoxy) is 4. The SMILES string of the molecule is COCCOCCOCCOCCO.C[SiH](C)C. The summed E-state index contributed by atoms with van der Waals surface area (Å²) in [6.07, 6.45) is 0. The summed E-state index contributed by atoms with van der Waals surface area (Å²) in [6.45, 7) is 10.7. The van der Waals surface area contributed by atoms with Gasteiger partial charge in [0, 0.05) is 15.9 Å². The highest BCUT2D eigenvalue weighted by Crippen LogP contribution is 1.81. The van der Waals surface area contributed by atoms with Crippen LogP contribution in [0.25, 0.3) is 0 Å². The van der Waals surface area contributed by atoms with Gasteiger partial charge in [0.1, 0.15) is 0 Å². The standard InChI is InChI=1S/C9H20O5.C3H10Si/c1-11-4-5-13-8-9-14-7-6-12-3-2-10;1-4(2)3/h10H,2-9H2,1H3;4H,1-3H3. The third-order valence-electron chi connectivity index (χ3n) is 1.41. The van der Waals surface area contributed by atoms with Crippen LogP contribution in [0.2, 0.25) is 19.6 Å². The summed E-state index contributed by atoms with van der Waals surface area (Å²) in [4.78, 5) is 0. The monoisotopic (exact) mass is 282 g/mol. The van der Waals surface area contributed by atoms with Crippen LogP contribution < -0.4 is 0 Å². The number of hydrogen-bond donors (Lipinski definition) is 1. The molecule has 0 spiro atoms. The Morgan fingerprint density at radius 2 is 1.06 bits per heavy atom. The lowest BCUT2D eigenvalue weighted by molar-refractivity contribution is -0.000973. The predicted molar refractivity (Wildman–Crippen MR) is 76.2 cm³/mol. The third-order valence-corrected chi connectivity index (χ3v) is 1.41. The van der Waals surface area contributed by atoms with Crippen molar-refractivity contribution in [2.45, 2.75) is 19.6 Å². The summed E-state index contributed by atoms with van der Waals surface area (Å²) < 4.78 is 20.2. The highest BCUT2D eigenvalue weighted by atomic mass is 28.3. The molecule has 0 amide bonds. The van der Waals surface area contributed by atoms with E-state index in [0.29, 0.717) is 46.2 Å². The van der Waals surface area contributed by atoms with E-state index in [2.05, 4.69) is 19.6 Å². The molecule has 0 unspecified atom stereocenters. The Labute approximate surface area is 113 Å². The largest absolute Gasteiger partial charge is 0.394 e. The Morgan fingerprint density at radius 3 is 1.39 bits per heavy atom. The van der Waals surface area contributed by atoms with Gasteiger partial charge in [-0.1, -0.05) is 19.6 Å². The number of rotatable bonds is 11. The van der Waals surface area contributed by atoms with Gasteiger partial charge >= 0.3 is 0 Å². The first kappa shape index (κ1) is 20.3. The van der Waals surface area contributed by atoms with Crippen molar-refractivity contribution in [1.82, 2.24) is 0 Å². The van der Waals surface area contributed by atoms with E-state index in [0.717, 1.165) is 0 Å². The number of aliphatic hydroxyl groups is 1. The maximum atomic E-state index is 8.39. The fraction of sp³-hybridized carbons (Fsp3) is 1.00. The molecule has 0 atom stereocenters. The minimum absolute atomic E-state index is 0.0557. The van der Waals surface area contributed by atoms with Gasteiger partial charge in [-0.25, -0.2) is 0 Å². The van der Waals surface area contributed by atoms with Crippen LogP contribution in [0.15, 0.2) is 0 Å². The van der Waals surface area contributed by atoms with Crippen LogP contribution in [-0.2, 0) is 18.9 Å². The van der Waals surface area contributed by atoms with Crippen molar-refractivity contribution in [3.8, 4) is 0 Å². The second-order valence-corrected chi connectivity index (χ2v) is 7.75. The van der Waals surface area contributed by atoms with Crippen molar-refractivity contribution >= 4 is 8.80 Å². The Balaban J connectivity index is 0. The van der Waals surface area contributed by atoms with E-state index in [1.54, 1.807) is 7.11 Å². The molecule has 0 saturated carbocycles. The highest BCUT2D eigenvalue weighted by Gasteiger charge is 1.90. The summed E-state index contributed by atoms with van der Waals surface area (Å²) in [6, 6.07) is 0. The number of aliphatic hydroxyl groups excluding tert-OH is 1. The lowest BCUT2D eigenvalue weighted by Gasteiger charge is -2.05. The van der Waals surface area contributed by atoms with Crippen molar-refractivity contribution in [3.05, 3.63) is 0 Å². The predicted octanol–water partition coefficient (Wildman–Crippen LogP) is 0.778. The van der Waals surface area contributed by atoms with Crippen LogP contribution in [0, 0.1) is 0 Å². The van der Waals surface area contributed by atoms with Crippen LogP contribution in [0.4, 0.5) is 0 Å². The molecule has 0 aliphatic rings. The van der Waals surface area contributed by atoms with Crippen molar-refractivity contribution in [3.63, 3.8) is 0 Å². The molecule has 0 rings (SSSR count). The van der Waals surface area contributed by atoms with Crippen LogP contribution >= 0.6 is 0 Å². The molecule has 6 heteroatoms. The van der Waals surface area contributed by atoms with Crippen LogP contribution in [0.1, 0.15) is 0 Å². The van der Waals surface area contributed by atoms with Gasteiger partial charge in [0.2, 0.25) is 0 Å². The number of hydrogen-bond acceptors (Lipinski definition) is 5. The first-order valence-corrected chi connectivity index (χ1v) is 9.94. The Morgan fingerprint density at radius 1 is 0.722 bits per heavy atom. The fourth-order valence-corrected chi connectivity index (χ4v) is 0.749. The molecular weight excluding hydrogens is 252 g/mol. The average molecular weight is 282 g/mol. The molecule has 5 nitrogen and oxygen atoms in total. The summed E-state index contributed by atoms with van der Waals surface area (Å²) >= 11 is 0. The van der Waals surface area contributed by atoms with Crippen LogP contribution in [-0.4, -0.2) is 73.9 Å². The zero-order valence-electron chi connectivity index (χ0n) is 12.3. The van der Waals surface area contributed by atoms with E-state index in [9.17, 15) is 0 Å². The molecule has 18 heavy (non-hydrogen) atoms. The summed E-state index contributed by atoms with van der Waals surface area (Å²) in [5.41, 5.74) is 0. The van der Waals surface area contributed by atoms with Gasteiger partial charge in [-0.15, -0.1) is 0 Å². The van der Waals surface area contributed by atoms with E-state index < -0.39 is 0 Å². The third kappa shape index (κ3) is 29.8. The second kappa shape index (κ2) is 19.4. The summed E-state index contributed by atoms with van der Waals surface area (Å²) in [7, 11) is 1.50. The lowest BCUT2D eigenvalue weighted by atomic mass is 10.7. The van der Waals surface area contributed by atoms with Gasteiger partial charge in [0.25, 0.3) is 0 Å². The maximum Gasteiger partial charge on any atom is 0.0701 e. The van der Waals surface area contributed by atoms with Crippen LogP contribution in [0.3, 0.4) is 0 Å². The van der Waals surface area contributed by atoms with Crippen molar-refractivity contribution < 1.29 is 24.1 Å². The first-order chi connectivity index (χ1) is 8.65. The van der Waals surface area contributed by atoms with Gasteiger partial charge in [-0.05, 0) is 0 Å². The summed E-state index contributed by atoms with van der Waals surface area (Å²) in [5.74, 6) is 0. The van der Waals surface area contributed by atoms with E-state index in [-0.39, 0.29) is 15.4 Å². The average Bonchev–Trinajstić information content (AvgIpc) is 2.31. The summed E-state index contributed by atoms with van der Waals surface area (Å²) in [5, 5.41) is 8.39.